The van der Waals surface area contributed by atoms with Crippen LogP contribution in [0.3, 0.4) is 0 Å². The monoisotopic (exact) mass is 238 g/mol. The van der Waals surface area contributed by atoms with E-state index in [1.54, 1.807) is 18.2 Å². The van der Waals surface area contributed by atoms with Gasteiger partial charge in [0.25, 0.3) is 0 Å². The van der Waals surface area contributed by atoms with Crippen LogP contribution in [0.4, 0.5) is 4.39 Å². The molecule has 0 fully saturated rings. The molecule has 0 spiro atoms. The van der Waals surface area contributed by atoms with Crippen molar-refractivity contribution in [2.45, 2.75) is 6.92 Å². The molecular formula is C12H8ClFO2. The van der Waals surface area contributed by atoms with E-state index in [1.165, 1.54) is 19.1 Å². The lowest BCUT2D eigenvalue weighted by Crippen LogP contribution is -1.86. The summed E-state index contributed by atoms with van der Waals surface area (Å²) in [6.07, 6.45) is 0. The number of halogens is 2. The summed E-state index contributed by atoms with van der Waals surface area (Å²) in [5.74, 6) is 0.130. The van der Waals surface area contributed by atoms with Crippen LogP contribution in [0.5, 0.6) is 0 Å². The summed E-state index contributed by atoms with van der Waals surface area (Å²) in [6, 6.07) is 7.49. The zero-order chi connectivity index (χ0) is 11.7. The zero-order valence-corrected chi connectivity index (χ0v) is 9.22. The Hall–Kier alpha value is -1.61. The van der Waals surface area contributed by atoms with E-state index >= 15 is 0 Å². The minimum absolute atomic E-state index is 0.0262. The molecule has 0 radical (unpaired) electrons. The van der Waals surface area contributed by atoms with Crippen molar-refractivity contribution in [3.63, 3.8) is 0 Å². The van der Waals surface area contributed by atoms with Gasteiger partial charge in [-0.05, 0) is 30.3 Å². The van der Waals surface area contributed by atoms with E-state index in [-0.39, 0.29) is 16.6 Å². The van der Waals surface area contributed by atoms with Crippen molar-refractivity contribution in [3.05, 3.63) is 46.9 Å². The van der Waals surface area contributed by atoms with Crippen LogP contribution in [0.15, 0.2) is 34.7 Å². The molecule has 2 aromatic rings. The van der Waals surface area contributed by atoms with Crippen molar-refractivity contribution in [1.29, 1.82) is 0 Å². The molecule has 0 N–H and O–H groups in total. The number of ketones is 1. The number of Topliss-reactive ketones (excluding diaryl/α,β-unsaturated/α-hetero) is 1. The molecule has 1 aromatic heterocycles. The lowest BCUT2D eigenvalue weighted by atomic mass is 10.2. The van der Waals surface area contributed by atoms with E-state index in [2.05, 4.69) is 0 Å². The first kappa shape index (κ1) is 10.9. The van der Waals surface area contributed by atoms with Crippen LogP contribution in [0.25, 0.3) is 11.3 Å². The maximum Gasteiger partial charge on any atom is 0.194 e. The first-order chi connectivity index (χ1) is 7.58. The number of hydrogen-bond donors (Lipinski definition) is 0. The third-order valence-electron chi connectivity index (χ3n) is 2.16. The fraction of sp³-hybridized carbons (Fsp3) is 0.0833. The largest absolute Gasteiger partial charge is 0.453 e. The van der Waals surface area contributed by atoms with E-state index in [4.69, 9.17) is 16.0 Å². The minimum Gasteiger partial charge on any atom is -0.453 e. The van der Waals surface area contributed by atoms with Gasteiger partial charge in [0, 0.05) is 12.5 Å². The summed E-state index contributed by atoms with van der Waals surface area (Å²) in [4.78, 5) is 11.0. The smallest absolute Gasteiger partial charge is 0.194 e. The second kappa shape index (κ2) is 4.10. The quantitative estimate of drug-likeness (QED) is 0.742. The number of rotatable bonds is 2. The van der Waals surface area contributed by atoms with Gasteiger partial charge in [-0.25, -0.2) is 4.39 Å². The Morgan fingerprint density at radius 3 is 2.62 bits per heavy atom. The maximum atomic E-state index is 12.9. The summed E-state index contributed by atoms with van der Waals surface area (Å²) in [5.41, 5.74) is 0.638. The van der Waals surface area contributed by atoms with Crippen molar-refractivity contribution in [2.24, 2.45) is 0 Å². The maximum absolute atomic E-state index is 12.9. The molecule has 82 valence electrons. The van der Waals surface area contributed by atoms with E-state index < -0.39 is 5.82 Å². The van der Waals surface area contributed by atoms with Crippen LogP contribution < -0.4 is 0 Å². The van der Waals surface area contributed by atoms with E-state index in [0.29, 0.717) is 11.3 Å². The third kappa shape index (κ3) is 1.99. The molecule has 16 heavy (non-hydrogen) atoms. The number of carbonyl (C=O) groups is 1. The first-order valence-electron chi connectivity index (χ1n) is 4.64. The minimum atomic E-state index is -0.483. The van der Waals surface area contributed by atoms with Crippen LogP contribution in [-0.4, -0.2) is 5.78 Å². The predicted molar refractivity (Wildman–Crippen MR) is 59.1 cm³/mol. The summed E-state index contributed by atoms with van der Waals surface area (Å²) in [7, 11) is 0. The highest BCUT2D eigenvalue weighted by molar-refractivity contribution is 6.31. The highest BCUT2D eigenvalue weighted by Gasteiger charge is 2.09. The standard InChI is InChI=1S/C12H8ClFO2/c1-7(15)11-4-5-12(16-11)8-2-3-10(14)9(13)6-8/h2-6H,1H3. The van der Waals surface area contributed by atoms with E-state index in [0.717, 1.165) is 0 Å². The molecule has 0 unspecified atom stereocenters. The Labute approximate surface area is 96.6 Å². The highest BCUT2D eigenvalue weighted by atomic mass is 35.5. The lowest BCUT2D eigenvalue weighted by molar-refractivity contribution is 0.0988. The van der Waals surface area contributed by atoms with Gasteiger partial charge >= 0.3 is 0 Å². The normalized spacial score (nSPS) is 10.4. The molecule has 0 aliphatic carbocycles. The number of benzene rings is 1. The van der Waals surface area contributed by atoms with Gasteiger partial charge in [0.2, 0.25) is 0 Å². The highest BCUT2D eigenvalue weighted by Crippen LogP contribution is 2.26. The van der Waals surface area contributed by atoms with Gasteiger partial charge in [-0.3, -0.25) is 4.79 Å². The molecule has 0 atom stereocenters. The summed E-state index contributed by atoms with van der Waals surface area (Å²) >= 11 is 5.65. The Morgan fingerprint density at radius 1 is 1.31 bits per heavy atom. The third-order valence-corrected chi connectivity index (χ3v) is 2.45. The van der Waals surface area contributed by atoms with Crippen molar-refractivity contribution in [2.75, 3.05) is 0 Å². The van der Waals surface area contributed by atoms with Crippen LogP contribution in [0.1, 0.15) is 17.5 Å². The number of carbonyl (C=O) groups excluding carboxylic acids is 1. The fourth-order valence-electron chi connectivity index (χ4n) is 1.33. The second-order valence-electron chi connectivity index (χ2n) is 3.35. The van der Waals surface area contributed by atoms with Crippen molar-refractivity contribution in [3.8, 4) is 11.3 Å². The van der Waals surface area contributed by atoms with Crippen LogP contribution in [0.2, 0.25) is 5.02 Å². The Bertz CT molecular complexity index is 546. The summed E-state index contributed by atoms with van der Waals surface area (Å²) in [5, 5.41) is 0.0262. The van der Waals surface area contributed by atoms with Crippen LogP contribution in [-0.2, 0) is 0 Å². The molecule has 0 aliphatic heterocycles. The van der Waals surface area contributed by atoms with Crippen LogP contribution in [0, 0.1) is 5.82 Å². The van der Waals surface area contributed by atoms with Gasteiger partial charge in [-0.15, -0.1) is 0 Å². The Balaban J connectivity index is 2.42. The molecule has 4 heteroatoms. The van der Waals surface area contributed by atoms with E-state index in [9.17, 15) is 9.18 Å². The Morgan fingerprint density at radius 2 is 2.06 bits per heavy atom. The van der Waals surface area contributed by atoms with Gasteiger partial charge in [0.1, 0.15) is 11.6 Å². The number of hydrogen-bond acceptors (Lipinski definition) is 2. The molecular weight excluding hydrogens is 231 g/mol. The molecule has 2 nitrogen and oxygen atoms in total. The summed E-state index contributed by atoms with van der Waals surface area (Å²) < 4.78 is 18.2. The molecule has 1 aromatic carbocycles. The molecule has 0 amide bonds. The summed E-state index contributed by atoms with van der Waals surface area (Å²) in [6.45, 7) is 1.42. The van der Waals surface area contributed by atoms with Gasteiger partial charge in [0.15, 0.2) is 11.5 Å². The van der Waals surface area contributed by atoms with Gasteiger partial charge in [0.05, 0.1) is 5.02 Å². The lowest BCUT2D eigenvalue weighted by Gasteiger charge is -1.98. The Kier molecular flexibility index (Phi) is 2.79. The zero-order valence-electron chi connectivity index (χ0n) is 8.46. The molecule has 0 bridgehead atoms. The molecule has 0 aliphatic rings. The van der Waals surface area contributed by atoms with Gasteiger partial charge in [-0.2, -0.15) is 0 Å². The second-order valence-corrected chi connectivity index (χ2v) is 3.76. The molecule has 0 saturated heterocycles. The van der Waals surface area contributed by atoms with Crippen molar-refractivity contribution >= 4 is 17.4 Å². The van der Waals surface area contributed by atoms with Crippen molar-refractivity contribution in [1.82, 2.24) is 0 Å². The van der Waals surface area contributed by atoms with E-state index in [1.807, 2.05) is 0 Å². The molecule has 1 heterocycles. The van der Waals surface area contributed by atoms with Crippen LogP contribution >= 0.6 is 11.6 Å². The fourth-order valence-corrected chi connectivity index (χ4v) is 1.51. The SMILES string of the molecule is CC(=O)c1ccc(-c2ccc(F)c(Cl)c2)o1. The van der Waals surface area contributed by atoms with Gasteiger partial charge in [-0.1, -0.05) is 11.6 Å². The average molecular weight is 239 g/mol. The van der Waals surface area contributed by atoms with Crippen molar-refractivity contribution < 1.29 is 13.6 Å². The van der Waals surface area contributed by atoms with Gasteiger partial charge < -0.3 is 4.42 Å². The number of furan rings is 1. The average Bonchev–Trinajstić information content (AvgIpc) is 2.71. The topological polar surface area (TPSA) is 30.2 Å². The predicted octanol–water partition coefficient (Wildman–Crippen LogP) is 3.94. The molecule has 2 rings (SSSR count). The molecule has 0 saturated carbocycles. The first-order valence-corrected chi connectivity index (χ1v) is 5.02.